The van der Waals surface area contributed by atoms with E-state index in [9.17, 15) is 9.59 Å². The van der Waals surface area contributed by atoms with Gasteiger partial charge in [-0.05, 0) is 43.0 Å². The molecule has 1 saturated heterocycles. The summed E-state index contributed by atoms with van der Waals surface area (Å²) in [6, 6.07) is 17.3. The number of nitrogens with one attached hydrogen (secondary N) is 1. The van der Waals surface area contributed by atoms with E-state index in [-0.39, 0.29) is 24.6 Å². The Morgan fingerprint density at radius 2 is 1.69 bits per heavy atom. The summed E-state index contributed by atoms with van der Waals surface area (Å²) in [5, 5.41) is 3.08. The summed E-state index contributed by atoms with van der Waals surface area (Å²) >= 11 is 0. The van der Waals surface area contributed by atoms with Crippen molar-refractivity contribution in [2.75, 3.05) is 19.7 Å². The highest BCUT2D eigenvalue weighted by Crippen LogP contribution is 2.15. The summed E-state index contributed by atoms with van der Waals surface area (Å²) in [6.07, 6.45) is 1.50. The zero-order chi connectivity index (χ0) is 20.5. The molecule has 2 amide bonds. The molecule has 3 rings (SSSR count). The third kappa shape index (κ3) is 6.52. The topological polar surface area (TPSA) is 67.9 Å². The Morgan fingerprint density at radius 3 is 2.34 bits per heavy atom. The van der Waals surface area contributed by atoms with Crippen molar-refractivity contribution in [3.05, 3.63) is 65.7 Å². The third-order valence-corrected chi connectivity index (χ3v) is 4.92. The van der Waals surface area contributed by atoms with Crippen LogP contribution in [0.5, 0.6) is 5.75 Å². The van der Waals surface area contributed by atoms with Crippen LogP contribution in [0, 0.1) is 0 Å². The number of piperidine rings is 1. The lowest BCUT2D eigenvalue weighted by atomic mass is 10.0. The van der Waals surface area contributed by atoms with E-state index in [1.807, 2.05) is 61.5 Å². The predicted octanol–water partition coefficient (Wildman–Crippen LogP) is 3.55. The van der Waals surface area contributed by atoms with Crippen LogP contribution >= 0.6 is 0 Å². The van der Waals surface area contributed by atoms with E-state index >= 15 is 0 Å². The Balaban J connectivity index is 1.37. The standard InChI is InChI=1S/C23H28N2O4/c1-2-28-21-10-8-18(9-11-21)16-22(26)24-20-12-14-25(15-13-20)23(27)29-17-19-6-4-3-5-7-19/h3-11,20H,2,12-17H2,1H3,(H,24,26). The Hall–Kier alpha value is -3.02. The summed E-state index contributed by atoms with van der Waals surface area (Å²) in [5.41, 5.74) is 1.92. The zero-order valence-electron chi connectivity index (χ0n) is 16.8. The number of benzene rings is 2. The molecular weight excluding hydrogens is 368 g/mol. The molecule has 29 heavy (non-hydrogen) atoms. The first-order valence-corrected chi connectivity index (χ1v) is 10.1. The minimum Gasteiger partial charge on any atom is -0.494 e. The van der Waals surface area contributed by atoms with Crippen molar-refractivity contribution >= 4 is 12.0 Å². The van der Waals surface area contributed by atoms with Gasteiger partial charge in [0.25, 0.3) is 0 Å². The van der Waals surface area contributed by atoms with Crippen molar-refractivity contribution in [3.63, 3.8) is 0 Å². The number of carbonyl (C=O) groups is 2. The Morgan fingerprint density at radius 1 is 1.00 bits per heavy atom. The van der Waals surface area contributed by atoms with Gasteiger partial charge in [-0.25, -0.2) is 4.79 Å². The highest BCUT2D eigenvalue weighted by molar-refractivity contribution is 5.79. The number of amides is 2. The van der Waals surface area contributed by atoms with Gasteiger partial charge in [-0.3, -0.25) is 4.79 Å². The minimum atomic E-state index is -0.298. The fourth-order valence-corrected chi connectivity index (χ4v) is 3.35. The molecule has 0 saturated carbocycles. The molecule has 0 aliphatic carbocycles. The lowest BCUT2D eigenvalue weighted by molar-refractivity contribution is -0.121. The second kappa shape index (κ2) is 10.5. The summed E-state index contributed by atoms with van der Waals surface area (Å²) in [7, 11) is 0. The van der Waals surface area contributed by atoms with Crippen molar-refractivity contribution < 1.29 is 19.1 Å². The number of likely N-dealkylation sites (tertiary alicyclic amines) is 1. The smallest absolute Gasteiger partial charge is 0.410 e. The molecule has 154 valence electrons. The van der Waals surface area contributed by atoms with E-state index in [0.29, 0.717) is 26.1 Å². The fourth-order valence-electron chi connectivity index (χ4n) is 3.35. The first-order chi connectivity index (χ1) is 14.1. The average molecular weight is 396 g/mol. The van der Waals surface area contributed by atoms with Gasteiger partial charge in [-0.2, -0.15) is 0 Å². The molecule has 0 aromatic heterocycles. The van der Waals surface area contributed by atoms with Crippen LogP contribution in [0.25, 0.3) is 0 Å². The first-order valence-electron chi connectivity index (χ1n) is 10.1. The predicted molar refractivity (Wildman–Crippen MR) is 111 cm³/mol. The van der Waals surface area contributed by atoms with Gasteiger partial charge < -0.3 is 19.7 Å². The van der Waals surface area contributed by atoms with Crippen LogP contribution in [0.1, 0.15) is 30.9 Å². The van der Waals surface area contributed by atoms with Crippen LogP contribution < -0.4 is 10.1 Å². The SMILES string of the molecule is CCOc1ccc(CC(=O)NC2CCN(C(=O)OCc3ccccc3)CC2)cc1. The molecule has 6 heteroatoms. The summed E-state index contributed by atoms with van der Waals surface area (Å²) < 4.78 is 10.8. The second-order valence-electron chi connectivity index (χ2n) is 7.12. The molecule has 0 unspecified atom stereocenters. The molecule has 6 nitrogen and oxygen atoms in total. The van der Waals surface area contributed by atoms with Crippen molar-refractivity contribution in [2.45, 2.75) is 38.8 Å². The molecule has 0 spiro atoms. The highest BCUT2D eigenvalue weighted by Gasteiger charge is 2.24. The molecule has 2 aromatic rings. The number of hydrogen-bond acceptors (Lipinski definition) is 4. The number of hydrogen-bond donors (Lipinski definition) is 1. The van der Waals surface area contributed by atoms with E-state index < -0.39 is 0 Å². The highest BCUT2D eigenvalue weighted by atomic mass is 16.6. The number of nitrogens with zero attached hydrogens (tertiary/aromatic N) is 1. The van der Waals surface area contributed by atoms with Crippen molar-refractivity contribution in [1.29, 1.82) is 0 Å². The Bertz CT molecular complexity index is 784. The van der Waals surface area contributed by atoms with Gasteiger partial charge >= 0.3 is 6.09 Å². The first kappa shape index (κ1) is 20.7. The molecule has 1 N–H and O–H groups in total. The Kier molecular flexibility index (Phi) is 7.50. The van der Waals surface area contributed by atoms with Crippen LogP contribution in [0.15, 0.2) is 54.6 Å². The summed E-state index contributed by atoms with van der Waals surface area (Å²) in [6.45, 7) is 4.01. The molecule has 1 aliphatic rings. The number of ether oxygens (including phenoxy) is 2. The van der Waals surface area contributed by atoms with E-state index in [4.69, 9.17) is 9.47 Å². The molecule has 1 heterocycles. The minimum absolute atomic E-state index is 0.000681. The van der Waals surface area contributed by atoms with E-state index in [2.05, 4.69) is 5.32 Å². The van der Waals surface area contributed by atoms with Crippen molar-refractivity contribution in [2.24, 2.45) is 0 Å². The third-order valence-electron chi connectivity index (χ3n) is 4.92. The molecule has 0 atom stereocenters. The quantitative estimate of drug-likeness (QED) is 0.777. The van der Waals surface area contributed by atoms with Gasteiger partial charge in [0.15, 0.2) is 0 Å². The molecule has 0 radical (unpaired) electrons. The zero-order valence-corrected chi connectivity index (χ0v) is 16.8. The van der Waals surface area contributed by atoms with Crippen LogP contribution in [-0.4, -0.2) is 42.6 Å². The van der Waals surface area contributed by atoms with Gasteiger partial charge in [-0.15, -0.1) is 0 Å². The van der Waals surface area contributed by atoms with Gasteiger partial charge in [0, 0.05) is 19.1 Å². The molecule has 2 aromatic carbocycles. The number of rotatable bonds is 7. The van der Waals surface area contributed by atoms with Gasteiger partial charge in [-0.1, -0.05) is 42.5 Å². The van der Waals surface area contributed by atoms with E-state index in [0.717, 1.165) is 29.7 Å². The summed E-state index contributed by atoms with van der Waals surface area (Å²) in [5.74, 6) is 0.808. The van der Waals surface area contributed by atoms with E-state index in [1.54, 1.807) is 4.90 Å². The van der Waals surface area contributed by atoms with Gasteiger partial charge in [0.1, 0.15) is 12.4 Å². The maximum Gasteiger partial charge on any atom is 0.410 e. The van der Waals surface area contributed by atoms with Crippen LogP contribution in [-0.2, 0) is 22.6 Å². The lowest BCUT2D eigenvalue weighted by Gasteiger charge is -2.31. The summed E-state index contributed by atoms with van der Waals surface area (Å²) in [4.78, 5) is 26.2. The largest absolute Gasteiger partial charge is 0.494 e. The fraction of sp³-hybridized carbons (Fsp3) is 0.391. The molecule has 1 aliphatic heterocycles. The second-order valence-corrected chi connectivity index (χ2v) is 7.12. The van der Waals surface area contributed by atoms with Crippen LogP contribution in [0.3, 0.4) is 0 Å². The Labute approximate surface area is 171 Å². The number of carbonyl (C=O) groups excluding carboxylic acids is 2. The molecule has 0 bridgehead atoms. The molecule has 1 fully saturated rings. The average Bonchev–Trinajstić information content (AvgIpc) is 2.75. The van der Waals surface area contributed by atoms with Gasteiger partial charge in [0.05, 0.1) is 13.0 Å². The van der Waals surface area contributed by atoms with Crippen LogP contribution in [0.4, 0.5) is 4.79 Å². The maximum atomic E-state index is 12.3. The maximum absolute atomic E-state index is 12.3. The van der Waals surface area contributed by atoms with Gasteiger partial charge in [0.2, 0.25) is 5.91 Å². The lowest BCUT2D eigenvalue weighted by Crippen LogP contribution is -2.47. The van der Waals surface area contributed by atoms with Crippen molar-refractivity contribution in [3.8, 4) is 5.75 Å². The van der Waals surface area contributed by atoms with E-state index in [1.165, 1.54) is 0 Å². The van der Waals surface area contributed by atoms with Crippen molar-refractivity contribution in [1.82, 2.24) is 10.2 Å². The monoisotopic (exact) mass is 396 g/mol. The normalized spacial score (nSPS) is 14.3. The van der Waals surface area contributed by atoms with Crippen LogP contribution in [0.2, 0.25) is 0 Å². The molecular formula is C23H28N2O4.